The van der Waals surface area contributed by atoms with Gasteiger partial charge in [0, 0.05) is 30.6 Å². The third-order valence-corrected chi connectivity index (χ3v) is 2.24. The third kappa shape index (κ3) is 5.91. The van der Waals surface area contributed by atoms with Gasteiger partial charge in [0.05, 0.1) is 20.9 Å². The van der Waals surface area contributed by atoms with Crippen LogP contribution in [0.4, 0.5) is 0 Å². The van der Waals surface area contributed by atoms with E-state index in [1.807, 2.05) is 0 Å². The molecule has 1 aliphatic heterocycles. The highest BCUT2D eigenvalue weighted by atomic mass is 31.1. The molecule has 0 aromatic rings. The summed E-state index contributed by atoms with van der Waals surface area (Å²) in [5.41, 5.74) is 0. The van der Waals surface area contributed by atoms with Crippen molar-refractivity contribution < 1.29 is 13.6 Å². The molecule has 0 fully saturated rings. The van der Waals surface area contributed by atoms with Gasteiger partial charge in [-0.05, 0) is 6.92 Å². The quantitative estimate of drug-likeness (QED) is 0.677. The van der Waals surface area contributed by atoms with Gasteiger partial charge in [0.15, 0.2) is 0 Å². The summed E-state index contributed by atoms with van der Waals surface area (Å²) in [6.07, 6.45) is 4.20. The monoisotopic (exact) mass is 221 g/mol. The van der Waals surface area contributed by atoms with Crippen molar-refractivity contribution in [1.29, 1.82) is 0 Å². The first-order valence-electron chi connectivity index (χ1n) is 4.32. The Morgan fingerprint density at radius 1 is 1.36 bits per heavy atom. The van der Waals surface area contributed by atoms with Gasteiger partial charge in [0.2, 0.25) is 0 Å². The van der Waals surface area contributed by atoms with Crippen LogP contribution in [0.5, 0.6) is 0 Å². The lowest BCUT2D eigenvalue weighted by Crippen LogP contribution is -2.21. The smallest absolute Gasteiger partial charge is 0.362 e. The summed E-state index contributed by atoms with van der Waals surface area (Å²) in [4.78, 5) is 4.41. The molecule has 0 spiro atoms. The molecule has 0 saturated carbocycles. The van der Waals surface area contributed by atoms with Crippen molar-refractivity contribution in [2.24, 2.45) is 0 Å². The molecule has 82 valence electrons. The van der Waals surface area contributed by atoms with Crippen LogP contribution in [0.2, 0.25) is 0 Å². The Bertz CT molecular complexity index is 193. The van der Waals surface area contributed by atoms with Crippen LogP contribution < -0.4 is 0 Å². The fraction of sp³-hybridized carbons (Fsp3) is 0.750. The van der Waals surface area contributed by atoms with Gasteiger partial charge in [0.1, 0.15) is 0 Å². The summed E-state index contributed by atoms with van der Waals surface area (Å²) < 4.78 is 18.3. The van der Waals surface area contributed by atoms with E-state index in [9.17, 15) is 4.57 Å². The normalized spacial score (nSPS) is 14.0. The van der Waals surface area contributed by atoms with E-state index in [4.69, 9.17) is 0 Å². The van der Waals surface area contributed by atoms with Crippen molar-refractivity contribution >= 4 is 8.25 Å². The second-order valence-corrected chi connectivity index (χ2v) is 3.87. The Morgan fingerprint density at radius 3 is 2.07 bits per heavy atom. The number of rotatable bonds is 3. The van der Waals surface area contributed by atoms with Crippen molar-refractivity contribution in [3.8, 4) is 0 Å². The summed E-state index contributed by atoms with van der Waals surface area (Å²) in [6, 6.07) is 0. The average Bonchev–Trinajstić information content (AvgIpc) is 2.64. The zero-order valence-corrected chi connectivity index (χ0v) is 10.0. The number of hydrogen-bond donors (Lipinski definition) is 0. The second-order valence-electron chi connectivity index (χ2n) is 2.69. The van der Waals surface area contributed by atoms with E-state index in [1.54, 1.807) is 0 Å². The lowest BCUT2D eigenvalue weighted by Gasteiger charge is -2.14. The van der Waals surface area contributed by atoms with E-state index in [0.29, 0.717) is 0 Å². The van der Waals surface area contributed by atoms with Gasteiger partial charge in [-0.2, -0.15) is 0 Å². The molecular weight excluding hydrogens is 203 g/mol. The highest BCUT2D eigenvalue weighted by molar-refractivity contribution is 7.33. The lowest BCUT2D eigenvalue weighted by atomic mass is 10.6. The van der Waals surface area contributed by atoms with Gasteiger partial charge in [-0.3, -0.25) is 0 Å². The van der Waals surface area contributed by atoms with E-state index in [2.05, 4.69) is 45.2 Å². The highest BCUT2D eigenvalue weighted by Crippen LogP contribution is 2.18. The van der Waals surface area contributed by atoms with Crippen molar-refractivity contribution in [1.82, 2.24) is 9.80 Å². The maximum absolute atomic E-state index is 9.88. The number of nitrogens with zero attached hydrogens (tertiary/aromatic N) is 2. The van der Waals surface area contributed by atoms with Crippen molar-refractivity contribution in [2.75, 3.05) is 34.5 Å². The molecule has 14 heavy (non-hydrogen) atoms. The summed E-state index contributed by atoms with van der Waals surface area (Å²) >= 11 is 0. The molecule has 0 aliphatic carbocycles. The first kappa shape index (κ1) is 13.4. The fourth-order valence-electron chi connectivity index (χ4n) is 0.869. The summed E-state index contributed by atoms with van der Waals surface area (Å²) in [7, 11) is 2.89. The van der Waals surface area contributed by atoms with Crippen LogP contribution in [-0.4, -0.2) is 44.3 Å². The topological polar surface area (TPSA) is 42.0 Å². The van der Waals surface area contributed by atoms with Crippen molar-refractivity contribution in [3.05, 3.63) is 12.4 Å². The third-order valence-electron chi connectivity index (χ3n) is 1.64. The standard InChI is InChI=1S/C6H12N2.C2H6O3P/c1-3-8-5-4-7(2)6-8;1-4-6(3)5-2/h4-5H,3,6H2,1-2H3;1-2H3/q;+1. The number of hydrogen-bond acceptors (Lipinski definition) is 5. The SMILES string of the molecule is CCN1C=CN(C)C1.CO[P+](=O)OC. The van der Waals surface area contributed by atoms with Crippen molar-refractivity contribution in [3.63, 3.8) is 0 Å². The molecular formula is C8H18N2O3P+. The molecule has 1 aliphatic rings. The predicted octanol–water partition coefficient (Wildman–Crippen LogP) is 1.62. The van der Waals surface area contributed by atoms with Gasteiger partial charge in [0.25, 0.3) is 0 Å². The van der Waals surface area contributed by atoms with Crippen LogP contribution >= 0.6 is 8.25 Å². The van der Waals surface area contributed by atoms with Gasteiger partial charge in [-0.15, -0.1) is 9.05 Å². The Labute approximate surface area is 86.2 Å². The zero-order chi connectivity index (χ0) is 11.0. The van der Waals surface area contributed by atoms with Gasteiger partial charge in [-0.25, -0.2) is 0 Å². The predicted molar refractivity (Wildman–Crippen MR) is 55.8 cm³/mol. The molecule has 5 nitrogen and oxygen atoms in total. The molecule has 0 N–H and O–H groups in total. The fourth-order valence-corrected chi connectivity index (χ4v) is 1.02. The van der Waals surface area contributed by atoms with Gasteiger partial charge < -0.3 is 9.80 Å². The van der Waals surface area contributed by atoms with E-state index in [0.717, 1.165) is 13.2 Å². The average molecular weight is 221 g/mol. The molecule has 0 bridgehead atoms. The largest absolute Gasteiger partial charge is 0.696 e. The van der Waals surface area contributed by atoms with Gasteiger partial charge in [-0.1, -0.05) is 0 Å². The van der Waals surface area contributed by atoms with Crippen LogP contribution in [0, 0.1) is 0 Å². The molecule has 0 aromatic heterocycles. The van der Waals surface area contributed by atoms with E-state index in [1.165, 1.54) is 14.2 Å². The van der Waals surface area contributed by atoms with Crippen LogP contribution in [-0.2, 0) is 13.6 Å². The summed E-state index contributed by atoms with van der Waals surface area (Å²) in [5.74, 6) is 0. The van der Waals surface area contributed by atoms with E-state index < -0.39 is 8.25 Å². The van der Waals surface area contributed by atoms with Crippen LogP contribution in [0.3, 0.4) is 0 Å². The van der Waals surface area contributed by atoms with Crippen LogP contribution in [0.1, 0.15) is 6.92 Å². The Kier molecular flexibility index (Phi) is 7.38. The second kappa shape index (κ2) is 7.74. The zero-order valence-electron chi connectivity index (χ0n) is 9.14. The molecule has 0 saturated heterocycles. The Balaban J connectivity index is 0.000000255. The maximum Gasteiger partial charge on any atom is 0.696 e. The molecule has 1 heterocycles. The van der Waals surface area contributed by atoms with Crippen LogP contribution in [0.15, 0.2) is 12.4 Å². The van der Waals surface area contributed by atoms with Crippen LogP contribution in [0.25, 0.3) is 0 Å². The molecule has 0 aromatic carbocycles. The minimum absolute atomic E-state index is 1.05. The first-order valence-corrected chi connectivity index (χ1v) is 5.41. The molecule has 1 rings (SSSR count). The summed E-state index contributed by atoms with van der Waals surface area (Å²) in [5, 5.41) is 0. The highest BCUT2D eigenvalue weighted by Gasteiger charge is 2.10. The lowest BCUT2D eigenvalue weighted by molar-refractivity contribution is 0.302. The molecule has 0 atom stereocenters. The summed E-state index contributed by atoms with van der Waals surface area (Å²) in [6.45, 7) is 4.32. The molecule has 0 unspecified atom stereocenters. The van der Waals surface area contributed by atoms with E-state index in [-0.39, 0.29) is 0 Å². The maximum atomic E-state index is 9.88. The van der Waals surface area contributed by atoms with Gasteiger partial charge >= 0.3 is 8.25 Å². The first-order chi connectivity index (χ1) is 6.63. The molecule has 0 radical (unpaired) electrons. The van der Waals surface area contributed by atoms with Crippen molar-refractivity contribution in [2.45, 2.75) is 6.92 Å². The minimum Gasteiger partial charge on any atom is -0.362 e. The molecule has 0 amide bonds. The minimum atomic E-state index is -1.83. The molecule has 6 heteroatoms. The van der Waals surface area contributed by atoms with E-state index >= 15 is 0 Å². The Morgan fingerprint density at radius 2 is 1.93 bits per heavy atom. The Hall–Kier alpha value is -0.640.